The first-order chi connectivity index (χ1) is 8.13. The summed E-state index contributed by atoms with van der Waals surface area (Å²) >= 11 is 1.66. The van der Waals surface area contributed by atoms with Crippen LogP contribution in [0.4, 0.5) is 0 Å². The van der Waals surface area contributed by atoms with E-state index in [4.69, 9.17) is 5.73 Å². The number of hydrogen-bond acceptors (Lipinski definition) is 4. The number of aromatic nitrogens is 2. The second-order valence-electron chi connectivity index (χ2n) is 4.25. The molecule has 0 saturated carbocycles. The van der Waals surface area contributed by atoms with Crippen LogP contribution < -0.4 is 5.73 Å². The van der Waals surface area contributed by atoms with Gasteiger partial charge in [-0.15, -0.1) is 11.3 Å². The molecule has 0 aliphatic rings. The molecule has 1 unspecified atom stereocenters. The van der Waals surface area contributed by atoms with Gasteiger partial charge in [-0.05, 0) is 43.3 Å². The summed E-state index contributed by atoms with van der Waals surface area (Å²) in [5.74, 6) is 1.13. The number of nitrogens with zero attached hydrogens (tertiary/aromatic N) is 2. The third-order valence-electron chi connectivity index (χ3n) is 2.91. The molecule has 90 valence electrons. The van der Waals surface area contributed by atoms with Gasteiger partial charge in [-0.2, -0.15) is 0 Å². The van der Waals surface area contributed by atoms with E-state index in [1.807, 2.05) is 31.4 Å². The van der Waals surface area contributed by atoms with Crippen molar-refractivity contribution in [1.82, 2.24) is 9.97 Å². The topological polar surface area (TPSA) is 51.8 Å². The predicted octanol–water partition coefficient (Wildman–Crippen LogP) is 2.88. The van der Waals surface area contributed by atoms with Crippen LogP contribution in [0.3, 0.4) is 0 Å². The molecule has 2 N–H and O–H groups in total. The fourth-order valence-corrected chi connectivity index (χ4v) is 2.73. The highest BCUT2D eigenvalue weighted by Crippen LogP contribution is 2.26. The summed E-state index contributed by atoms with van der Waals surface area (Å²) in [6.45, 7) is 6.81. The third-order valence-corrected chi connectivity index (χ3v) is 3.78. The fourth-order valence-electron chi connectivity index (χ4n) is 2.07. The summed E-state index contributed by atoms with van der Waals surface area (Å²) in [7, 11) is 0. The van der Waals surface area contributed by atoms with Crippen LogP contribution in [0, 0.1) is 13.8 Å². The van der Waals surface area contributed by atoms with Gasteiger partial charge in [0.05, 0.1) is 4.88 Å². The molecule has 4 heteroatoms. The molecule has 2 rings (SSSR count). The van der Waals surface area contributed by atoms with Gasteiger partial charge in [0.2, 0.25) is 0 Å². The Bertz CT molecular complexity index is 482. The lowest BCUT2D eigenvalue weighted by molar-refractivity contribution is 0.744. The minimum Gasteiger partial charge on any atom is -0.330 e. The van der Waals surface area contributed by atoms with Crippen LogP contribution in [0.2, 0.25) is 0 Å². The maximum absolute atomic E-state index is 5.72. The molecule has 0 aromatic carbocycles. The van der Waals surface area contributed by atoms with Crippen LogP contribution in [-0.2, 0) is 0 Å². The van der Waals surface area contributed by atoms with E-state index in [1.165, 1.54) is 5.56 Å². The van der Waals surface area contributed by atoms with Gasteiger partial charge in [-0.25, -0.2) is 9.97 Å². The Hall–Kier alpha value is -1.26. The van der Waals surface area contributed by atoms with Crippen LogP contribution in [0.5, 0.6) is 0 Å². The van der Waals surface area contributed by atoms with Gasteiger partial charge in [0, 0.05) is 11.4 Å². The van der Waals surface area contributed by atoms with E-state index in [2.05, 4.69) is 16.9 Å². The predicted molar refractivity (Wildman–Crippen MR) is 72.3 cm³/mol. The van der Waals surface area contributed by atoms with Crippen LogP contribution in [0.25, 0.3) is 10.7 Å². The molecule has 0 amide bonds. The number of aryl methyl sites for hydroxylation is 2. The van der Waals surface area contributed by atoms with Crippen molar-refractivity contribution in [3.05, 3.63) is 34.5 Å². The monoisotopic (exact) mass is 247 g/mol. The summed E-state index contributed by atoms with van der Waals surface area (Å²) < 4.78 is 0. The Balaban J connectivity index is 2.49. The average Bonchev–Trinajstić information content (AvgIpc) is 2.81. The molecule has 0 bridgehead atoms. The average molecular weight is 247 g/mol. The molecule has 2 heterocycles. The first-order valence-electron chi connectivity index (χ1n) is 5.72. The zero-order chi connectivity index (χ0) is 12.4. The van der Waals surface area contributed by atoms with Crippen LogP contribution >= 0.6 is 11.3 Å². The Labute approximate surface area is 106 Å². The van der Waals surface area contributed by atoms with Gasteiger partial charge >= 0.3 is 0 Å². The minimum absolute atomic E-state index is 0.312. The van der Waals surface area contributed by atoms with Crippen LogP contribution in [-0.4, -0.2) is 16.5 Å². The van der Waals surface area contributed by atoms with Gasteiger partial charge in [-0.1, -0.05) is 13.0 Å². The molecule has 0 saturated heterocycles. The molecule has 3 nitrogen and oxygen atoms in total. The van der Waals surface area contributed by atoms with Crippen molar-refractivity contribution in [3.8, 4) is 10.7 Å². The number of nitrogens with two attached hydrogens (primary N) is 1. The molecule has 17 heavy (non-hydrogen) atoms. The Morgan fingerprint density at radius 2 is 1.94 bits per heavy atom. The molecule has 0 aliphatic heterocycles. The van der Waals surface area contributed by atoms with E-state index in [9.17, 15) is 0 Å². The standard InChI is InChI=1S/C13H17N3S/c1-8(7-14)12-9(2)15-13(16-10(12)3)11-5-4-6-17-11/h4-6,8H,7,14H2,1-3H3. The van der Waals surface area contributed by atoms with Crippen LogP contribution in [0.1, 0.15) is 29.8 Å². The normalized spacial score (nSPS) is 12.7. The van der Waals surface area contributed by atoms with E-state index in [0.717, 1.165) is 22.1 Å². The van der Waals surface area contributed by atoms with Crippen molar-refractivity contribution in [2.45, 2.75) is 26.7 Å². The molecule has 0 radical (unpaired) electrons. The Morgan fingerprint density at radius 1 is 1.29 bits per heavy atom. The van der Waals surface area contributed by atoms with Gasteiger partial charge in [0.25, 0.3) is 0 Å². The number of rotatable bonds is 3. The molecule has 0 aliphatic carbocycles. The van der Waals surface area contributed by atoms with E-state index >= 15 is 0 Å². The third kappa shape index (κ3) is 2.37. The van der Waals surface area contributed by atoms with E-state index < -0.39 is 0 Å². The van der Waals surface area contributed by atoms with Gasteiger partial charge in [-0.3, -0.25) is 0 Å². The summed E-state index contributed by atoms with van der Waals surface area (Å²) in [5.41, 5.74) is 8.99. The van der Waals surface area contributed by atoms with E-state index in [1.54, 1.807) is 11.3 Å². The maximum atomic E-state index is 5.72. The quantitative estimate of drug-likeness (QED) is 0.907. The second-order valence-corrected chi connectivity index (χ2v) is 5.19. The van der Waals surface area contributed by atoms with Gasteiger partial charge < -0.3 is 5.73 Å². The maximum Gasteiger partial charge on any atom is 0.169 e. The lowest BCUT2D eigenvalue weighted by atomic mass is 9.98. The molecular formula is C13H17N3S. The lowest BCUT2D eigenvalue weighted by Crippen LogP contribution is -2.13. The highest BCUT2D eigenvalue weighted by Gasteiger charge is 2.14. The van der Waals surface area contributed by atoms with Crippen molar-refractivity contribution in [3.63, 3.8) is 0 Å². The summed E-state index contributed by atoms with van der Waals surface area (Å²) in [6.07, 6.45) is 0. The van der Waals surface area contributed by atoms with Crippen molar-refractivity contribution in [2.24, 2.45) is 5.73 Å². The lowest BCUT2D eigenvalue weighted by Gasteiger charge is -2.15. The zero-order valence-corrected chi connectivity index (χ0v) is 11.2. The highest BCUT2D eigenvalue weighted by atomic mass is 32.1. The van der Waals surface area contributed by atoms with Crippen LogP contribution in [0.15, 0.2) is 17.5 Å². The largest absolute Gasteiger partial charge is 0.330 e. The minimum atomic E-state index is 0.312. The van der Waals surface area contributed by atoms with Crippen molar-refractivity contribution in [1.29, 1.82) is 0 Å². The number of hydrogen-bond donors (Lipinski definition) is 1. The molecule has 0 spiro atoms. The van der Waals surface area contributed by atoms with E-state index in [0.29, 0.717) is 12.5 Å². The SMILES string of the molecule is Cc1nc(-c2cccs2)nc(C)c1C(C)CN. The number of thiophene rings is 1. The summed E-state index contributed by atoms with van der Waals surface area (Å²) in [4.78, 5) is 10.3. The summed E-state index contributed by atoms with van der Waals surface area (Å²) in [5, 5.41) is 2.04. The first kappa shape index (κ1) is 12.2. The van der Waals surface area contributed by atoms with Gasteiger partial charge in [0.15, 0.2) is 5.82 Å². The Kier molecular flexibility index (Phi) is 3.54. The molecule has 2 aromatic rings. The van der Waals surface area contributed by atoms with Crippen molar-refractivity contribution < 1.29 is 0 Å². The second kappa shape index (κ2) is 4.94. The van der Waals surface area contributed by atoms with E-state index in [-0.39, 0.29) is 0 Å². The van der Waals surface area contributed by atoms with Crippen molar-refractivity contribution in [2.75, 3.05) is 6.54 Å². The highest BCUT2D eigenvalue weighted by molar-refractivity contribution is 7.13. The molecule has 2 aromatic heterocycles. The molecule has 0 fully saturated rings. The zero-order valence-electron chi connectivity index (χ0n) is 10.4. The van der Waals surface area contributed by atoms with Crippen molar-refractivity contribution >= 4 is 11.3 Å². The molecular weight excluding hydrogens is 230 g/mol. The molecule has 1 atom stereocenters. The Morgan fingerprint density at radius 3 is 2.41 bits per heavy atom. The smallest absolute Gasteiger partial charge is 0.169 e. The summed E-state index contributed by atoms with van der Waals surface area (Å²) in [6, 6.07) is 4.06. The first-order valence-corrected chi connectivity index (χ1v) is 6.60. The van der Waals surface area contributed by atoms with Gasteiger partial charge in [0.1, 0.15) is 0 Å². The fraction of sp³-hybridized carbons (Fsp3) is 0.385.